The number of nitrogens with zero attached hydrogens (tertiary/aromatic N) is 5. The number of aromatic nitrogens is 5. The van der Waals surface area contributed by atoms with E-state index in [1.165, 1.54) is 5.56 Å². The lowest BCUT2D eigenvalue weighted by Gasteiger charge is -2.04. The van der Waals surface area contributed by atoms with E-state index in [0.717, 1.165) is 43.1 Å². The third-order valence-electron chi connectivity index (χ3n) is 5.34. The molecule has 0 radical (unpaired) electrons. The molecule has 6 aromatic rings. The molecule has 0 aliphatic carbocycles. The lowest BCUT2D eigenvalue weighted by Crippen LogP contribution is -1.95. The number of hydrogen-bond donors (Lipinski definition) is 0. The molecule has 0 fully saturated rings. The number of fused-ring (bicyclic) bond motifs is 2. The zero-order valence-corrected chi connectivity index (χ0v) is 18.6. The molecule has 0 aliphatic heterocycles. The van der Waals surface area contributed by atoms with E-state index in [-0.39, 0.29) is 0 Å². The SMILES string of the molecule is Cc1ccc(-c2nnc(-c3nc4ccccc4s3)c3nn(-c4cccc(Cl)c4)cc23)cc1. The Morgan fingerprint density at radius 1 is 0.875 bits per heavy atom. The van der Waals surface area contributed by atoms with Crippen molar-refractivity contribution < 1.29 is 0 Å². The molecular weight excluding hydrogens is 438 g/mol. The van der Waals surface area contributed by atoms with E-state index in [1.54, 1.807) is 11.3 Å². The maximum Gasteiger partial charge on any atom is 0.150 e. The first-order chi connectivity index (χ1) is 15.7. The Kier molecular flexibility index (Phi) is 4.48. The molecule has 0 saturated carbocycles. The van der Waals surface area contributed by atoms with E-state index in [1.807, 2.05) is 53.3 Å². The molecule has 154 valence electrons. The predicted octanol–water partition coefficient (Wildman–Crippen LogP) is 6.72. The van der Waals surface area contributed by atoms with Crippen molar-refractivity contribution in [3.63, 3.8) is 0 Å². The number of rotatable bonds is 3. The standard InChI is InChI=1S/C25H16ClN5S/c1-15-9-11-16(12-10-15)22-19-14-31(18-6-4-5-17(26)13-18)30-23(19)24(29-28-22)25-27-20-7-2-3-8-21(20)32-25/h2-14H,1H3. The molecule has 3 aromatic carbocycles. The van der Waals surface area contributed by atoms with Crippen LogP contribution in [0, 0.1) is 6.92 Å². The van der Waals surface area contributed by atoms with Gasteiger partial charge in [0.2, 0.25) is 0 Å². The third-order valence-corrected chi connectivity index (χ3v) is 6.62. The molecule has 3 heterocycles. The van der Waals surface area contributed by atoms with E-state index >= 15 is 0 Å². The lowest BCUT2D eigenvalue weighted by atomic mass is 10.1. The van der Waals surface area contributed by atoms with Crippen LogP contribution in [0.25, 0.3) is 48.8 Å². The molecule has 6 rings (SSSR count). The van der Waals surface area contributed by atoms with Crippen LogP contribution in [0.2, 0.25) is 5.02 Å². The van der Waals surface area contributed by atoms with Gasteiger partial charge in [-0.25, -0.2) is 9.67 Å². The van der Waals surface area contributed by atoms with E-state index in [9.17, 15) is 0 Å². The van der Waals surface area contributed by atoms with Gasteiger partial charge in [-0.05, 0) is 37.3 Å². The fourth-order valence-corrected chi connectivity index (χ4v) is 4.85. The second-order valence-electron chi connectivity index (χ2n) is 7.57. The number of hydrogen-bond acceptors (Lipinski definition) is 5. The van der Waals surface area contributed by atoms with Gasteiger partial charge in [-0.15, -0.1) is 21.5 Å². The number of benzene rings is 3. The van der Waals surface area contributed by atoms with Crippen molar-refractivity contribution in [1.29, 1.82) is 0 Å². The zero-order valence-electron chi connectivity index (χ0n) is 17.0. The highest BCUT2D eigenvalue weighted by atomic mass is 35.5. The maximum absolute atomic E-state index is 6.23. The average molecular weight is 454 g/mol. The van der Waals surface area contributed by atoms with E-state index in [4.69, 9.17) is 21.7 Å². The van der Waals surface area contributed by atoms with Crippen LogP contribution in [0.1, 0.15) is 5.56 Å². The summed E-state index contributed by atoms with van der Waals surface area (Å²) in [4.78, 5) is 4.79. The largest absolute Gasteiger partial charge is 0.240 e. The smallest absolute Gasteiger partial charge is 0.150 e. The molecule has 32 heavy (non-hydrogen) atoms. The van der Waals surface area contributed by atoms with Crippen molar-refractivity contribution in [2.45, 2.75) is 6.92 Å². The van der Waals surface area contributed by atoms with Crippen molar-refractivity contribution in [3.05, 3.63) is 89.6 Å². The minimum absolute atomic E-state index is 0.656. The summed E-state index contributed by atoms with van der Waals surface area (Å²) in [6, 6.07) is 24.0. The summed E-state index contributed by atoms with van der Waals surface area (Å²) < 4.78 is 2.93. The molecule has 0 N–H and O–H groups in total. The number of para-hydroxylation sites is 1. The van der Waals surface area contributed by atoms with Gasteiger partial charge in [0.15, 0.2) is 0 Å². The summed E-state index contributed by atoms with van der Waals surface area (Å²) in [6.07, 6.45) is 1.99. The highest BCUT2D eigenvalue weighted by Gasteiger charge is 2.19. The van der Waals surface area contributed by atoms with Gasteiger partial charge in [0.25, 0.3) is 0 Å². The van der Waals surface area contributed by atoms with Gasteiger partial charge in [-0.2, -0.15) is 5.10 Å². The first-order valence-corrected chi connectivity index (χ1v) is 11.3. The summed E-state index contributed by atoms with van der Waals surface area (Å²) in [7, 11) is 0. The van der Waals surface area contributed by atoms with Crippen molar-refractivity contribution >= 4 is 44.1 Å². The first-order valence-electron chi connectivity index (χ1n) is 10.1. The van der Waals surface area contributed by atoms with Gasteiger partial charge in [0.1, 0.15) is 21.9 Å². The number of halogens is 1. The summed E-state index contributed by atoms with van der Waals surface area (Å²) in [5, 5.41) is 16.5. The van der Waals surface area contributed by atoms with Gasteiger partial charge in [0.05, 0.1) is 21.3 Å². The molecule has 0 bridgehead atoms. The van der Waals surface area contributed by atoms with Crippen LogP contribution in [0.5, 0.6) is 0 Å². The first kappa shape index (κ1) is 19.1. The third kappa shape index (κ3) is 3.25. The van der Waals surface area contributed by atoms with Crippen molar-refractivity contribution in [2.24, 2.45) is 0 Å². The Balaban J connectivity index is 1.62. The molecule has 0 aliphatic rings. The molecule has 0 spiro atoms. The summed E-state index contributed by atoms with van der Waals surface area (Å²) in [6.45, 7) is 2.07. The van der Waals surface area contributed by atoms with Crippen molar-refractivity contribution in [1.82, 2.24) is 25.0 Å². The minimum Gasteiger partial charge on any atom is -0.240 e. The van der Waals surface area contributed by atoms with E-state index < -0.39 is 0 Å². The second-order valence-corrected chi connectivity index (χ2v) is 9.03. The van der Waals surface area contributed by atoms with Crippen LogP contribution in [-0.2, 0) is 0 Å². The van der Waals surface area contributed by atoms with Crippen LogP contribution in [0.15, 0.2) is 79.0 Å². The van der Waals surface area contributed by atoms with Gasteiger partial charge in [-0.3, -0.25) is 0 Å². The molecule has 5 nitrogen and oxygen atoms in total. The minimum atomic E-state index is 0.656. The number of aryl methyl sites for hydroxylation is 1. The molecule has 7 heteroatoms. The normalized spacial score (nSPS) is 11.4. The van der Waals surface area contributed by atoms with Crippen LogP contribution in [0.4, 0.5) is 0 Å². The monoisotopic (exact) mass is 453 g/mol. The Labute approximate surface area is 193 Å². The predicted molar refractivity (Wildman–Crippen MR) is 130 cm³/mol. The average Bonchev–Trinajstić information content (AvgIpc) is 3.44. The van der Waals surface area contributed by atoms with Crippen LogP contribution < -0.4 is 0 Å². The Morgan fingerprint density at radius 2 is 1.69 bits per heavy atom. The highest BCUT2D eigenvalue weighted by molar-refractivity contribution is 7.21. The molecule has 0 unspecified atom stereocenters. The summed E-state index contributed by atoms with van der Waals surface area (Å²) in [5.41, 5.74) is 6.23. The topological polar surface area (TPSA) is 56.5 Å². The molecule has 3 aromatic heterocycles. The summed E-state index contributed by atoms with van der Waals surface area (Å²) >= 11 is 7.83. The molecule has 0 saturated heterocycles. The Bertz CT molecular complexity index is 1570. The zero-order chi connectivity index (χ0) is 21.7. The van der Waals surface area contributed by atoms with Crippen molar-refractivity contribution in [3.8, 4) is 27.6 Å². The quantitative estimate of drug-likeness (QED) is 0.298. The second kappa shape index (κ2) is 7.51. The van der Waals surface area contributed by atoms with Crippen molar-refractivity contribution in [2.75, 3.05) is 0 Å². The fraction of sp³-hybridized carbons (Fsp3) is 0.0400. The van der Waals surface area contributed by atoms with Gasteiger partial charge < -0.3 is 0 Å². The summed E-state index contributed by atoms with van der Waals surface area (Å²) in [5.74, 6) is 0. The lowest BCUT2D eigenvalue weighted by molar-refractivity contribution is 0.895. The molecule has 0 atom stereocenters. The molecule has 0 amide bonds. The van der Waals surface area contributed by atoms with E-state index in [2.05, 4.69) is 47.5 Å². The highest BCUT2D eigenvalue weighted by Crippen LogP contribution is 2.35. The maximum atomic E-state index is 6.23. The van der Waals surface area contributed by atoms with Gasteiger partial charge in [0, 0.05) is 16.8 Å². The van der Waals surface area contributed by atoms with Gasteiger partial charge >= 0.3 is 0 Å². The van der Waals surface area contributed by atoms with Crippen LogP contribution >= 0.6 is 22.9 Å². The fourth-order valence-electron chi connectivity index (χ4n) is 3.72. The Hall–Kier alpha value is -3.61. The van der Waals surface area contributed by atoms with Crippen LogP contribution in [-0.4, -0.2) is 25.0 Å². The Morgan fingerprint density at radius 3 is 2.50 bits per heavy atom. The van der Waals surface area contributed by atoms with E-state index in [0.29, 0.717) is 10.7 Å². The van der Waals surface area contributed by atoms with Crippen LogP contribution in [0.3, 0.4) is 0 Å². The van der Waals surface area contributed by atoms with Gasteiger partial charge in [-0.1, -0.05) is 59.6 Å². The molecular formula is C25H16ClN5S. The number of thiazole rings is 1.